The molecule has 1 aromatic rings. The van der Waals surface area contributed by atoms with Crippen LogP contribution < -0.4 is 5.73 Å². The number of carboxylic acid groups (broad SMARTS) is 1. The molecule has 3 N–H and O–H groups in total. The third kappa shape index (κ3) is 2.50. The quantitative estimate of drug-likeness (QED) is 0.706. The Bertz CT molecular complexity index is 352. The van der Waals surface area contributed by atoms with Gasteiger partial charge in [0.15, 0.2) is 0 Å². The fourth-order valence-electron chi connectivity index (χ4n) is 1.13. The van der Waals surface area contributed by atoms with Gasteiger partial charge in [-0.1, -0.05) is 6.07 Å². The van der Waals surface area contributed by atoms with Gasteiger partial charge in [0.05, 0.1) is 17.7 Å². The number of aliphatic carboxylic acids is 1. The molecule has 1 unspecified atom stereocenters. The van der Waals surface area contributed by atoms with Gasteiger partial charge in [-0.2, -0.15) is 4.39 Å². The van der Waals surface area contributed by atoms with E-state index in [2.05, 4.69) is 4.98 Å². The van der Waals surface area contributed by atoms with Gasteiger partial charge in [0.2, 0.25) is 5.95 Å². The van der Waals surface area contributed by atoms with Crippen molar-refractivity contribution >= 4 is 5.97 Å². The molecule has 0 aromatic carbocycles. The van der Waals surface area contributed by atoms with E-state index < -0.39 is 17.5 Å². The number of nitrogens with zero attached hydrogens (tertiary/aromatic N) is 1. The molecule has 14 heavy (non-hydrogen) atoms. The number of hydrogen-bond donors (Lipinski definition) is 2. The number of pyridine rings is 1. The van der Waals surface area contributed by atoms with E-state index in [4.69, 9.17) is 10.8 Å². The van der Waals surface area contributed by atoms with Gasteiger partial charge in [-0.3, -0.25) is 4.79 Å². The van der Waals surface area contributed by atoms with Crippen molar-refractivity contribution in [2.75, 3.05) is 0 Å². The predicted octanol–water partition coefficient (Wildman–Crippen LogP) is 0.869. The second-order valence-corrected chi connectivity index (χ2v) is 3.33. The molecule has 0 bridgehead atoms. The van der Waals surface area contributed by atoms with Crippen molar-refractivity contribution in [3.05, 3.63) is 29.8 Å². The van der Waals surface area contributed by atoms with Gasteiger partial charge in [0, 0.05) is 0 Å². The summed E-state index contributed by atoms with van der Waals surface area (Å²) in [6.45, 7) is 1.50. The summed E-state index contributed by atoms with van der Waals surface area (Å²) < 4.78 is 12.7. The summed E-state index contributed by atoms with van der Waals surface area (Å²) in [7, 11) is 0. The van der Waals surface area contributed by atoms with Gasteiger partial charge in [-0.25, -0.2) is 4.98 Å². The fraction of sp³-hybridized carbons (Fsp3) is 0.333. The number of carboxylic acids is 1. The molecule has 0 saturated heterocycles. The first-order valence-corrected chi connectivity index (χ1v) is 4.05. The third-order valence-electron chi connectivity index (χ3n) is 1.82. The van der Waals surface area contributed by atoms with E-state index in [-0.39, 0.29) is 12.1 Å². The highest BCUT2D eigenvalue weighted by molar-refractivity contribution is 5.68. The summed E-state index contributed by atoms with van der Waals surface area (Å²) in [5, 5.41) is 8.58. The molecule has 0 aliphatic heterocycles. The topological polar surface area (TPSA) is 76.2 Å². The first kappa shape index (κ1) is 10.6. The molecule has 0 aliphatic carbocycles. The minimum absolute atomic E-state index is 0.236. The maximum absolute atomic E-state index is 12.7. The maximum Gasteiger partial charge on any atom is 0.305 e. The average molecular weight is 198 g/mol. The number of halogens is 1. The SMILES string of the molecule is CC(N)(CC(=O)O)c1cccc(F)n1. The van der Waals surface area contributed by atoms with Crippen LogP contribution in [0.5, 0.6) is 0 Å². The Morgan fingerprint density at radius 2 is 2.36 bits per heavy atom. The molecule has 0 spiro atoms. The van der Waals surface area contributed by atoms with Crippen LogP contribution in [-0.2, 0) is 10.3 Å². The number of carbonyl (C=O) groups is 1. The molecule has 1 heterocycles. The lowest BCUT2D eigenvalue weighted by molar-refractivity contribution is -0.138. The van der Waals surface area contributed by atoms with Crippen molar-refractivity contribution in [3.8, 4) is 0 Å². The largest absolute Gasteiger partial charge is 0.481 e. The minimum Gasteiger partial charge on any atom is -0.481 e. The van der Waals surface area contributed by atoms with E-state index in [0.717, 1.165) is 0 Å². The number of aromatic nitrogens is 1. The highest BCUT2D eigenvalue weighted by Gasteiger charge is 2.26. The zero-order valence-corrected chi connectivity index (χ0v) is 7.70. The lowest BCUT2D eigenvalue weighted by Gasteiger charge is -2.21. The summed E-state index contributed by atoms with van der Waals surface area (Å²) in [6, 6.07) is 4.14. The first-order valence-electron chi connectivity index (χ1n) is 4.05. The van der Waals surface area contributed by atoms with Gasteiger partial charge >= 0.3 is 5.97 Å². The average Bonchev–Trinajstić information content (AvgIpc) is 2.01. The minimum atomic E-state index is -1.14. The Hall–Kier alpha value is -1.49. The van der Waals surface area contributed by atoms with E-state index in [1.807, 2.05) is 0 Å². The molecular formula is C9H11FN2O2. The van der Waals surface area contributed by atoms with Gasteiger partial charge in [0.1, 0.15) is 0 Å². The molecule has 1 atom stereocenters. The Balaban J connectivity index is 2.97. The van der Waals surface area contributed by atoms with E-state index in [1.165, 1.54) is 25.1 Å². The van der Waals surface area contributed by atoms with Crippen LogP contribution in [0.4, 0.5) is 4.39 Å². The van der Waals surface area contributed by atoms with Crippen LogP contribution in [0, 0.1) is 5.95 Å². The van der Waals surface area contributed by atoms with Crippen molar-refractivity contribution in [2.45, 2.75) is 18.9 Å². The standard InChI is InChI=1S/C9H11FN2O2/c1-9(11,5-8(13)14)6-3-2-4-7(10)12-6/h2-4H,5,11H2,1H3,(H,13,14). The second kappa shape index (κ2) is 3.71. The first-order chi connectivity index (χ1) is 6.42. The molecule has 76 valence electrons. The van der Waals surface area contributed by atoms with Crippen molar-refractivity contribution in [3.63, 3.8) is 0 Å². The molecule has 4 nitrogen and oxygen atoms in total. The zero-order chi connectivity index (χ0) is 10.8. The summed E-state index contributed by atoms with van der Waals surface area (Å²) in [5.41, 5.74) is 4.79. The van der Waals surface area contributed by atoms with E-state index >= 15 is 0 Å². The molecule has 0 fully saturated rings. The Morgan fingerprint density at radius 1 is 1.71 bits per heavy atom. The lowest BCUT2D eigenvalue weighted by Crippen LogP contribution is -2.36. The summed E-state index contributed by atoms with van der Waals surface area (Å²) in [5.74, 6) is -1.70. The van der Waals surface area contributed by atoms with Gasteiger partial charge < -0.3 is 10.8 Å². The molecule has 0 radical (unpaired) electrons. The molecule has 0 aliphatic rings. The smallest absolute Gasteiger partial charge is 0.305 e. The number of nitrogens with two attached hydrogens (primary N) is 1. The highest BCUT2D eigenvalue weighted by Crippen LogP contribution is 2.19. The van der Waals surface area contributed by atoms with Crippen LogP contribution in [0.1, 0.15) is 19.0 Å². The van der Waals surface area contributed by atoms with E-state index in [0.29, 0.717) is 0 Å². The van der Waals surface area contributed by atoms with Gasteiger partial charge in [-0.15, -0.1) is 0 Å². The summed E-state index contributed by atoms with van der Waals surface area (Å²) >= 11 is 0. The van der Waals surface area contributed by atoms with Gasteiger partial charge in [0.25, 0.3) is 0 Å². The van der Waals surface area contributed by atoms with E-state index in [1.54, 1.807) is 0 Å². The Morgan fingerprint density at radius 3 is 2.86 bits per heavy atom. The maximum atomic E-state index is 12.7. The van der Waals surface area contributed by atoms with Crippen molar-refractivity contribution in [1.82, 2.24) is 4.98 Å². The zero-order valence-electron chi connectivity index (χ0n) is 7.70. The van der Waals surface area contributed by atoms with Crippen LogP contribution >= 0.6 is 0 Å². The van der Waals surface area contributed by atoms with E-state index in [9.17, 15) is 9.18 Å². The molecule has 0 amide bonds. The third-order valence-corrected chi connectivity index (χ3v) is 1.82. The predicted molar refractivity (Wildman–Crippen MR) is 48.0 cm³/mol. The number of rotatable bonds is 3. The van der Waals surface area contributed by atoms with Crippen molar-refractivity contribution in [1.29, 1.82) is 0 Å². The van der Waals surface area contributed by atoms with Crippen LogP contribution in [0.2, 0.25) is 0 Å². The fourth-order valence-corrected chi connectivity index (χ4v) is 1.13. The molecular weight excluding hydrogens is 187 g/mol. The summed E-state index contributed by atoms with van der Waals surface area (Å²) in [6.07, 6.45) is -0.288. The number of hydrogen-bond acceptors (Lipinski definition) is 3. The van der Waals surface area contributed by atoms with Crippen molar-refractivity contribution < 1.29 is 14.3 Å². The lowest BCUT2D eigenvalue weighted by atomic mass is 9.94. The molecule has 1 aromatic heterocycles. The van der Waals surface area contributed by atoms with Crippen LogP contribution in [0.25, 0.3) is 0 Å². The Kier molecular flexibility index (Phi) is 2.81. The monoisotopic (exact) mass is 198 g/mol. The Labute approximate surface area is 80.6 Å². The molecule has 5 heteroatoms. The van der Waals surface area contributed by atoms with Gasteiger partial charge in [-0.05, 0) is 19.1 Å². The van der Waals surface area contributed by atoms with Crippen molar-refractivity contribution in [2.24, 2.45) is 5.73 Å². The van der Waals surface area contributed by atoms with Crippen LogP contribution in [-0.4, -0.2) is 16.1 Å². The molecule has 0 saturated carbocycles. The summed E-state index contributed by atoms with van der Waals surface area (Å²) in [4.78, 5) is 14.0. The molecule has 1 rings (SSSR count). The highest BCUT2D eigenvalue weighted by atomic mass is 19.1. The second-order valence-electron chi connectivity index (χ2n) is 3.33. The van der Waals surface area contributed by atoms with Crippen LogP contribution in [0.15, 0.2) is 18.2 Å². The normalized spacial score (nSPS) is 14.8. The van der Waals surface area contributed by atoms with Crippen LogP contribution in [0.3, 0.4) is 0 Å².